The largest absolute Gasteiger partial charge is 0.462 e. The molecule has 4 heterocycles. The van der Waals surface area contributed by atoms with Crippen molar-refractivity contribution >= 4 is 23.9 Å². The fraction of sp³-hybridized carbons (Fsp3) is 0.511. The number of fused-ring (bicyclic) bond motifs is 4. The highest BCUT2D eigenvalue weighted by Gasteiger charge is 2.53. The summed E-state index contributed by atoms with van der Waals surface area (Å²) in [4.78, 5) is 49.7. The normalized spacial score (nSPS) is 29.3. The first-order valence-electron chi connectivity index (χ1n) is 20.2. The van der Waals surface area contributed by atoms with E-state index in [1.165, 1.54) is 12.5 Å². The first kappa shape index (κ1) is 38.7. The fourth-order valence-corrected chi connectivity index (χ4v) is 10.2. The van der Waals surface area contributed by atoms with Gasteiger partial charge in [-0.1, -0.05) is 30.3 Å². The van der Waals surface area contributed by atoms with Gasteiger partial charge in [0.15, 0.2) is 0 Å². The van der Waals surface area contributed by atoms with Crippen molar-refractivity contribution in [2.75, 3.05) is 20.6 Å². The van der Waals surface area contributed by atoms with Gasteiger partial charge in [0.2, 0.25) is 0 Å². The average Bonchev–Trinajstić information content (AvgIpc) is 3.38. The van der Waals surface area contributed by atoms with Crippen molar-refractivity contribution in [2.45, 2.75) is 127 Å². The molecule has 4 fully saturated rings. The molecule has 4 bridgehead atoms. The van der Waals surface area contributed by atoms with Gasteiger partial charge in [-0.2, -0.15) is 0 Å². The lowest BCUT2D eigenvalue weighted by atomic mass is 9.95. The van der Waals surface area contributed by atoms with Gasteiger partial charge in [0.1, 0.15) is 30.3 Å². The SMILES string of the molecule is CC(=O)Oc1cccc(CC[N+]2(C)C3CCC2CC(OC(=O)CCCC(=O)OC2CC4CCC(C2)[N+]4(C)Cc2ccc(OC(=O)c4ccccc4)cc2)C3)c1. The van der Waals surface area contributed by atoms with E-state index in [1.54, 1.807) is 12.1 Å². The monoisotopic (exact) mass is 752 g/mol. The van der Waals surface area contributed by atoms with Crippen LogP contribution in [-0.2, 0) is 36.8 Å². The van der Waals surface area contributed by atoms with Crippen molar-refractivity contribution in [3.63, 3.8) is 0 Å². The minimum atomic E-state index is -0.369. The summed E-state index contributed by atoms with van der Waals surface area (Å²) in [7, 11) is 4.66. The highest BCUT2D eigenvalue weighted by atomic mass is 16.6. The zero-order valence-electron chi connectivity index (χ0n) is 32.5. The lowest BCUT2D eigenvalue weighted by Crippen LogP contribution is -2.59. The Kier molecular flexibility index (Phi) is 11.7. The number of carbonyl (C=O) groups excluding carboxylic acids is 4. The predicted octanol–water partition coefficient (Wildman–Crippen LogP) is 7.11. The fourth-order valence-electron chi connectivity index (χ4n) is 10.2. The molecule has 7 rings (SSSR count). The molecule has 3 aromatic carbocycles. The molecule has 0 amide bonds. The van der Waals surface area contributed by atoms with Gasteiger partial charge < -0.3 is 27.9 Å². The van der Waals surface area contributed by atoms with Crippen molar-refractivity contribution in [3.8, 4) is 11.5 Å². The van der Waals surface area contributed by atoms with Crippen LogP contribution in [0.25, 0.3) is 0 Å². The second-order valence-electron chi connectivity index (χ2n) is 16.8. The molecular weight excluding hydrogens is 697 g/mol. The molecule has 0 saturated carbocycles. The number of ether oxygens (including phenoxy) is 4. The standard InChI is InChI=1S/C45H56N2O8/c1-31(48)52-40-12-7-9-32(25-40)23-24-46(2)35-17-18-36(46)27-41(26-35)53-43(49)13-8-14-44(50)54-42-28-37-19-20-38(29-42)47(37,3)30-33-15-21-39(22-16-33)55-45(51)34-10-5-4-6-11-34/h4-7,9-12,15-16,21-22,25,35-38,41-42H,8,13-14,17-20,23-24,26-30H2,1-3H3/q+2. The van der Waals surface area contributed by atoms with Gasteiger partial charge in [0, 0.05) is 83.1 Å². The number of likely N-dealkylation sites (N-methyl/N-ethyl adjacent to an activating group) is 1. The van der Waals surface area contributed by atoms with Crippen LogP contribution in [0, 0.1) is 0 Å². The van der Waals surface area contributed by atoms with Crippen LogP contribution in [-0.4, -0.2) is 89.9 Å². The average molecular weight is 753 g/mol. The highest BCUT2D eigenvalue weighted by Crippen LogP contribution is 2.44. The van der Waals surface area contributed by atoms with Gasteiger partial charge in [0.05, 0.1) is 50.4 Å². The third kappa shape index (κ3) is 9.13. The van der Waals surface area contributed by atoms with Crippen molar-refractivity contribution in [2.24, 2.45) is 0 Å². The molecule has 0 spiro atoms. The minimum Gasteiger partial charge on any atom is -0.462 e. The zero-order valence-corrected chi connectivity index (χ0v) is 32.5. The second kappa shape index (κ2) is 16.7. The number of quaternary nitrogens is 2. The smallest absolute Gasteiger partial charge is 0.343 e. The topological polar surface area (TPSA) is 105 Å². The molecule has 4 atom stereocenters. The van der Waals surface area contributed by atoms with Crippen molar-refractivity contribution in [1.29, 1.82) is 0 Å². The lowest BCUT2D eigenvalue weighted by Gasteiger charge is -2.47. The van der Waals surface area contributed by atoms with Crippen molar-refractivity contribution in [1.82, 2.24) is 0 Å². The molecule has 0 aromatic heterocycles. The Bertz CT molecular complexity index is 1820. The van der Waals surface area contributed by atoms with Crippen LogP contribution in [0.3, 0.4) is 0 Å². The molecule has 4 aliphatic rings. The molecule has 10 heteroatoms. The number of carbonyl (C=O) groups is 4. The molecule has 292 valence electrons. The van der Waals surface area contributed by atoms with E-state index in [4.69, 9.17) is 18.9 Å². The third-order valence-electron chi connectivity index (χ3n) is 13.2. The molecule has 0 N–H and O–H groups in total. The maximum absolute atomic E-state index is 12.9. The van der Waals surface area contributed by atoms with Crippen LogP contribution < -0.4 is 9.47 Å². The van der Waals surface area contributed by atoms with E-state index in [2.05, 4.69) is 20.2 Å². The first-order chi connectivity index (χ1) is 26.5. The van der Waals surface area contributed by atoms with E-state index >= 15 is 0 Å². The molecule has 4 saturated heterocycles. The summed E-state index contributed by atoms with van der Waals surface area (Å²) in [6.07, 6.45) is 9.52. The number of hydrogen-bond acceptors (Lipinski definition) is 8. The summed E-state index contributed by atoms with van der Waals surface area (Å²) >= 11 is 0. The Labute approximate surface area is 324 Å². The quantitative estimate of drug-likeness (QED) is 0.0976. The van der Waals surface area contributed by atoms with Crippen molar-refractivity contribution < 1.29 is 47.1 Å². The summed E-state index contributed by atoms with van der Waals surface area (Å²) in [5, 5.41) is 0. The molecule has 4 aliphatic heterocycles. The molecule has 0 aliphatic carbocycles. The summed E-state index contributed by atoms with van der Waals surface area (Å²) < 4.78 is 24.7. The molecule has 3 aromatic rings. The first-order valence-corrected chi connectivity index (χ1v) is 20.2. The number of rotatable bonds is 14. The number of piperidine rings is 2. The zero-order chi connectivity index (χ0) is 38.6. The van der Waals surface area contributed by atoms with Gasteiger partial charge in [0.25, 0.3) is 0 Å². The van der Waals surface area contributed by atoms with E-state index in [0.29, 0.717) is 47.7 Å². The second-order valence-corrected chi connectivity index (χ2v) is 16.8. The summed E-state index contributed by atoms with van der Waals surface area (Å²) in [6, 6.07) is 26.3. The van der Waals surface area contributed by atoms with Gasteiger partial charge >= 0.3 is 23.9 Å². The van der Waals surface area contributed by atoms with Crippen LogP contribution in [0.5, 0.6) is 11.5 Å². The minimum absolute atomic E-state index is 0.0734. The van der Waals surface area contributed by atoms with Crippen LogP contribution in [0.4, 0.5) is 0 Å². The Balaban J connectivity index is 0.810. The van der Waals surface area contributed by atoms with E-state index in [-0.39, 0.29) is 48.9 Å². The molecule has 10 nitrogen and oxygen atoms in total. The molecule has 4 unspecified atom stereocenters. The van der Waals surface area contributed by atoms with Crippen LogP contribution in [0.1, 0.15) is 99.0 Å². The molecule has 0 radical (unpaired) electrons. The van der Waals surface area contributed by atoms with E-state index in [0.717, 1.165) is 85.4 Å². The van der Waals surface area contributed by atoms with Gasteiger partial charge in [-0.05, 0) is 60.5 Å². The predicted molar refractivity (Wildman–Crippen MR) is 206 cm³/mol. The van der Waals surface area contributed by atoms with Crippen LogP contribution in [0.15, 0.2) is 78.9 Å². The van der Waals surface area contributed by atoms with E-state index < -0.39 is 0 Å². The van der Waals surface area contributed by atoms with Crippen molar-refractivity contribution in [3.05, 3.63) is 95.6 Å². The van der Waals surface area contributed by atoms with E-state index in [1.807, 2.05) is 60.7 Å². The summed E-state index contributed by atoms with van der Waals surface area (Å²) in [6.45, 7) is 3.28. The number of hydrogen-bond donors (Lipinski definition) is 0. The highest BCUT2D eigenvalue weighted by molar-refractivity contribution is 5.90. The Morgan fingerprint density at radius 3 is 1.75 bits per heavy atom. The Morgan fingerprint density at radius 1 is 0.618 bits per heavy atom. The lowest BCUT2D eigenvalue weighted by molar-refractivity contribution is -0.961. The van der Waals surface area contributed by atoms with Gasteiger partial charge in [-0.15, -0.1) is 0 Å². The van der Waals surface area contributed by atoms with Crippen LogP contribution >= 0.6 is 0 Å². The Morgan fingerprint density at radius 2 is 1.18 bits per heavy atom. The molecule has 55 heavy (non-hydrogen) atoms. The third-order valence-corrected chi connectivity index (χ3v) is 13.2. The van der Waals surface area contributed by atoms with E-state index in [9.17, 15) is 19.2 Å². The molecular formula is C45H56N2O8+2. The number of esters is 4. The van der Waals surface area contributed by atoms with Gasteiger partial charge in [-0.25, -0.2) is 4.79 Å². The maximum Gasteiger partial charge on any atom is 0.343 e. The maximum atomic E-state index is 12.9. The summed E-state index contributed by atoms with van der Waals surface area (Å²) in [5.74, 6) is -0.0205. The van der Waals surface area contributed by atoms with Crippen LogP contribution in [0.2, 0.25) is 0 Å². The number of nitrogens with zero attached hydrogens (tertiary/aromatic N) is 2. The number of benzene rings is 3. The summed E-state index contributed by atoms with van der Waals surface area (Å²) in [5.41, 5.74) is 2.87. The Hall–Kier alpha value is -4.54. The van der Waals surface area contributed by atoms with Gasteiger partial charge in [-0.3, -0.25) is 14.4 Å².